The molecule has 6 rings (SSSR count). The first-order valence-corrected chi connectivity index (χ1v) is 21.2. The van der Waals surface area contributed by atoms with Crippen LogP contribution in [-0.4, -0.2) is 40.7 Å². The molecule has 1 amide bonds. The van der Waals surface area contributed by atoms with Crippen molar-refractivity contribution in [1.29, 1.82) is 0 Å². The van der Waals surface area contributed by atoms with Crippen molar-refractivity contribution >= 4 is 41.9 Å². The van der Waals surface area contributed by atoms with Gasteiger partial charge in [-0.15, -0.1) is 0 Å². The highest BCUT2D eigenvalue weighted by atomic mass is 28.4. The summed E-state index contributed by atoms with van der Waals surface area (Å²) in [7, 11) is -2.18. The Morgan fingerprint density at radius 2 is 1.70 bits per heavy atom. The third-order valence-corrected chi connectivity index (χ3v) is 15.0. The minimum Gasteiger partial charge on any atom is -0.506 e. The molecule has 0 spiro atoms. The average molecular weight is 731 g/mol. The number of unbranched alkanes of at least 4 members (excludes halogenated alkanes) is 1. The molecule has 2 aromatic heterocycles. The highest BCUT2D eigenvalue weighted by molar-refractivity contribution is 6.74. The molecule has 6 aromatic rings. The zero-order valence-corrected chi connectivity index (χ0v) is 32.2. The number of hydrogen-bond acceptors (Lipinski definition) is 5. The number of aromatic amines is 1. The molecular formula is C43H50N4O5Si. The summed E-state index contributed by atoms with van der Waals surface area (Å²) in [4.78, 5) is 26.4. The van der Waals surface area contributed by atoms with Gasteiger partial charge >= 0.3 is 6.09 Å². The molecule has 1 atom stereocenters. The van der Waals surface area contributed by atoms with Crippen LogP contribution in [0, 0.1) is 0 Å². The van der Waals surface area contributed by atoms with E-state index in [0.717, 1.165) is 53.4 Å². The lowest BCUT2D eigenvalue weighted by Gasteiger charge is -2.39. The number of fused-ring (bicyclic) bond motifs is 2. The van der Waals surface area contributed by atoms with Gasteiger partial charge < -0.3 is 29.5 Å². The number of H-pyrrole nitrogens is 1. The number of nitrogens with zero attached hydrogens (tertiary/aromatic N) is 1. The van der Waals surface area contributed by atoms with Gasteiger partial charge in [0.2, 0.25) is 5.56 Å². The number of aromatic nitrogens is 2. The van der Waals surface area contributed by atoms with Crippen molar-refractivity contribution in [2.75, 3.05) is 11.9 Å². The molecule has 10 heteroatoms. The molecule has 276 valence electrons. The zero-order chi connectivity index (χ0) is 37.8. The van der Waals surface area contributed by atoms with Gasteiger partial charge in [-0.1, -0.05) is 75.4 Å². The summed E-state index contributed by atoms with van der Waals surface area (Å²) in [5.41, 5.74) is 7.02. The molecule has 4 aromatic carbocycles. The van der Waals surface area contributed by atoms with Crippen LogP contribution < -0.4 is 16.2 Å². The molecule has 0 aliphatic heterocycles. The van der Waals surface area contributed by atoms with Gasteiger partial charge in [-0.3, -0.25) is 10.1 Å². The molecule has 0 unspecified atom stereocenters. The number of nitrogens with one attached hydrogen (secondary N) is 3. The second-order valence-corrected chi connectivity index (χ2v) is 20.1. The predicted molar refractivity (Wildman–Crippen MR) is 217 cm³/mol. The van der Waals surface area contributed by atoms with Crippen molar-refractivity contribution in [3.8, 4) is 16.9 Å². The Kier molecular flexibility index (Phi) is 11.2. The van der Waals surface area contributed by atoms with E-state index in [2.05, 4.69) is 90.6 Å². The quantitative estimate of drug-likeness (QED) is 0.0561. The predicted octanol–water partition coefficient (Wildman–Crippen LogP) is 9.82. The smallest absolute Gasteiger partial charge is 0.409 e. The van der Waals surface area contributed by atoms with E-state index in [-0.39, 0.29) is 22.5 Å². The number of hydrogen-bond donors (Lipinski definition) is 5. The summed E-state index contributed by atoms with van der Waals surface area (Å²) in [6, 6.07) is 31.4. The fourth-order valence-electron chi connectivity index (χ4n) is 6.64. The lowest BCUT2D eigenvalue weighted by molar-refractivity contribution is 0.181. The molecule has 0 saturated carbocycles. The number of carboxylic acid groups (broad SMARTS) is 1. The van der Waals surface area contributed by atoms with Crippen LogP contribution >= 0.6 is 0 Å². The van der Waals surface area contributed by atoms with E-state index in [4.69, 9.17) is 4.43 Å². The minimum absolute atomic E-state index is 0.00157. The van der Waals surface area contributed by atoms with E-state index in [1.54, 1.807) is 12.1 Å². The number of carbonyl (C=O) groups is 1. The molecule has 0 aliphatic carbocycles. The minimum atomic E-state index is -2.18. The number of phenolic OH excluding ortho intramolecular Hbond substituents is 1. The van der Waals surface area contributed by atoms with Crippen LogP contribution in [0.5, 0.6) is 5.75 Å². The van der Waals surface area contributed by atoms with Crippen molar-refractivity contribution in [2.45, 2.75) is 77.4 Å². The van der Waals surface area contributed by atoms with Gasteiger partial charge in [0, 0.05) is 48.4 Å². The van der Waals surface area contributed by atoms with Crippen LogP contribution in [-0.2, 0) is 23.9 Å². The van der Waals surface area contributed by atoms with Crippen molar-refractivity contribution in [1.82, 2.24) is 14.9 Å². The van der Waals surface area contributed by atoms with E-state index in [1.165, 1.54) is 22.5 Å². The van der Waals surface area contributed by atoms with Crippen molar-refractivity contribution in [3.63, 3.8) is 0 Å². The molecule has 0 saturated heterocycles. The summed E-state index contributed by atoms with van der Waals surface area (Å²) in [6.07, 6.45) is 3.62. The molecule has 0 fully saturated rings. The second-order valence-electron chi connectivity index (χ2n) is 15.3. The summed E-state index contributed by atoms with van der Waals surface area (Å²) >= 11 is 0. The van der Waals surface area contributed by atoms with Crippen molar-refractivity contribution in [3.05, 3.63) is 130 Å². The van der Waals surface area contributed by atoms with Gasteiger partial charge in [0.05, 0.1) is 17.3 Å². The van der Waals surface area contributed by atoms with Crippen LogP contribution in [0.4, 0.5) is 10.5 Å². The largest absolute Gasteiger partial charge is 0.506 e. The van der Waals surface area contributed by atoms with Gasteiger partial charge in [-0.2, -0.15) is 0 Å². The van der Waals surface area contributed by atoms with Gasteiger partial charge in [-0.25, -0.2) is 4.79 Å². The average Bonchev–Trinajstić information content (AvgIpc) is 3.52. The molecule has 0 bridgehead atoms. The first-order valence-electron chi connectivity index (χ1n) is 18.3. The standard InChI is InChI=1S/C43H50N4O5Si/c1-43(2,3)53(4,5)52-39(34-17-20-38(48)41-35(34)18-21-40(49)46-41)28-44-27-30-15-19-37-32(25-30)22-24-47(37)23-10-9-11-29-14-16-33(31-12-7-6-8-13-31)36(26-29)45-42(50)51/h6-8,12-22,24-26,39,44-45,48H,9-11,23,27-28H2,1-5H3,(H,46,49)(H,50,51)/t39-/m1/s1. The number of aryl methyl sites for hydroxylation is 2. The Bertz CT molecular complexity index is 2270. The summed E-state index contributed by atoms with van der Waals surface area (Å²) in [6.45, 7) is 13.3. The number of amides is 1. The lowest BCUT2D eigenvalue weighted by atomic mass is 9.99. The first kappa shape index (κ1) is 37.6. The van der Waals surface area contributed by atoms with Crippen LogP contribution in [0.25, 0.3) is 32.9 Å². The van der Waals surface area contributed by atoms with Crippen molar-refractivity contribution < 1.29 is 19.4 Å². The molecule has 2 heterocycles. The van der Waals surface area contributed by atoms with Crippen LogP contribution in [0.1, 0.15) is 56.4 Å². The maximum absolute atomic E-state index is 12.1. The molecule has 9 nitrogen and oxygen atoms in total. The van der Waals surface area contributed by atoms with E-state index < -0.39 is 14.4 Å². The normalized spacial score (nSPS) is 12.7. The van der Waals surface area contributed by atoms with E-state index in [1.807, 2.05) is 48.5 Å². The third kappa shape index (κ3) is 8.90. The molecule has 5 N–H and O–H groups in total. The summed E-state index contributed by atoms with van der Waals surface area (Å²) < 4.78 is 9.27. The Balaban J connectivity index is 1.09. The number of phenols is 1. The van der Waals surface area contributed by atoms with Gasteiger partial charge in [0.1, 0.15) is 5.75 Å². The highest BCUT2D eigenvalue weighted by Crippen LogP contribution is 2.41. The van der Waals surface area contributed by atoms with Crippen molar-refractivity contribution in [2.24, 2.45) is 0 Å². The third-order valence-electron chi connectivity index (χ3n) is 10.5. The van der Waals surface area contributed by atoms with Gasteiger partial charge in [-0.05, 0) is 101 Å². The second kappa shape index (κ2) is 15.8. The Labute approximate surface area is 311 Å². The molecular weight excluding hydrogens is 681 g/mol. The van der Waals surface area contributed by atoms with Gasteiger partial charge in [0.15, 0.2) is 8.32 Å². The van der Waals surface area contributed by atoms with Crippen LogP contribution in [0.2, 0.25) is 18.1 Å². The maximum atomic E-state index is 12.1. The van der Waals surface area contributed by atoms with E-state index >= 15 is 0 Å². The van der Waals surface area contributed by atoms with E-state index in [0.29, 0.717) is 24.3 Å². The number of pyridine rings is 1. The van der Waals surface area contributed by atoms with Crippen LogP contribution in [0.15, 0.2) is 108 Å². The fraction of sp³-hybridized carbons (Fsp3) is 0.302. The molecule has 53 heavy (non-hydrogen) atoms. The first-order chi connectivity index (χ1) is 25.3. The summed E-state index contributed by atoms with van der Waals surface area (Å²) in [5.74, 6) is 0.0404. The van der Waals surface area contributed by atoms with E-state index in [9.17, 15) is 19.8 Å². The topological polar surface area (TPSA) is 129 Å². The lowest BCUT2D eigenvalue weighted by Crippen LogP contribution is -2.43. The Morgan fingerprint density at radius 3 is 2.45 bits per heavy atom. The van der Waals surface area contributed by atoms with Gasteiger partial charge in [0.25, 0.3) is 0 Å². The molecule has 0 aliphatic rings. The SMILES string of the molecule is CC(C)(C)[Si](C)(C)O[C@H](CNCc1ccc2c(ccn2CCCCc2ccc(-c3ccccc3)c(NC(=O)O)c2)c1)c1ccc(O)c2[nH]c(=O)ccc12. The number of aromatic hydroxyl groups is 1. The Hall–Kier alpha value is -5.16. The number of rotatable bonds is 14. The maximum Gasteiger partial charge on any atom is 0.409 e. The number of anilines is 1. The molecule has 0 radical (unpaired) electrons. The van der Waals surface area contributed by atoms with Crippen LogP contribution in [0.3, 0.4) is 0 Å². The Morgan fingerprint density at radius 1 is 0.925 bits per heavy atom. The number of benzene rings is 4. The zero-order valence-electron chi connectivity index (χ0n) is 31.2. The monoisotopic (exact) mass is 730 g/mol. The fourth-order valence-corrected chi connectivity index (χ4v) is 7.91. The summed E-state index contributed by atoms with van der Waals surface area (Å²) in [5, 5.41) is 28.1. The highest BCUT2D eigenvalue weighted by Gasteiger charge is 2.39.